The number of esters is 1. The number of rotatable bonds is 8. The summed E-state index contributed by atoms with van der Waals surface area (Å²) in [7, 11) is 0. The molecular weight excluding hydrogens is 252 g/mol. The van der Waals surface area contributed by atoms with E-state index in [-0.39, 0.29) is 19.2 Å². The second-order valence-corrected chi connectivity index (χ2v) is 5.80. The minimum absolute atomic E-state index is 0.0815. The third kappa shape index (κ3) is 4.97. The van der Waals surface area contributed by atoms with E-state index in [0.717, 1.165) is 19.3 Å². The maximum atomic E-state index is 11.9. The maximum absolute atomic E-state index is 11.9. The third-order valence-corrected chi connectivity index (χ3v) is 3.76. The largest absolute Gasteiger partial charge is 0.463 e. The molecule has 1 unspecified atom stereocenters. The summed E-state index contributed by atoms with van der Waals surface area (Å²) in [5.41, 5.74) is 0.826. The van der Waals surface area contributed by atoms with Crippen LogP contribution < -0.4 is 0 Å². The Bertz CT molecular complexity index is 398. The highest BCUT2D eigenvalue weighted by atomic mass is 16.5. The van der Waals surface area contributed by atoms with Crippen LogP contribution in [0.4, 0.5) is 0 Å². The first-order chi connectivity index (χ1) is 9.51. The van der Waals surface area contributed by atoms with Crippen LogP contribution in [0.5, 0.6) is 0 Å². The van der Waals surface area contributed by atoms with Crippen molar-refractivity contribution in [1.29, 1.82) is 0 Å². The van der Waals surface area contributed by atoms with Crippen LogP contribution >= 0.6 is 0 Å². The van der Waals surface area contributed by atoms with E-state index >= 15 is 0 Å². The molecule has 0 heterocycles. The molecule has 1 atom stereocenters. The number of carbonyl (C=O) groups excluding carboxylic acids is 1. The van der Waals surface area contributed by atoms with Crippen molar-refractivity contribution >= 4 is 5.97 Å². The molecule has 0 fully saturated rings. The number of hydrogen-bond acceptors (Lipinski definition) is 3. The summed E-state index contributed by atoms with van der Waals surface area (Å²) in [5.74, 6) is 0.246. The van der Waals surface area contributed by atoms with E-state index in [2.05, 4.69) is 31.2 Å². The molecule has 1 N–H and O–H groups in total. The van der Waals surface area contributed by atoms with Gasteiger partial charge < -0.3 is 9.84 Å². The van der Waals surface area contributed by atoms with Gasteiger partial charge in [0, 0.05) is 0 Å². The Balaban J connectivity index is 2.57. The molecule has 1 rings (SSSR count). The third-order valence-electron chi connectivity index (χ3n) is 3.76. The van der Waals surface area contributed by atoms with E-state index in [1.165, 1.54) is 5.56 Å². The zero-order chi connectivity index (χ0) is 15.0. The van der Waals surface area contributed by atoms with Crippen LogP contribution in [0.1, 0.15) is 51.5 Å². The molecule has 3 heteroatoms. The number of hydrogen-bond donors (Lipinski definition) is 1. The first kappa shape index (κ1) is 16.7. The van der Waals surface area contributed by atoms with Gasteiger partial charge in [0.25, 0.3) is 0 Å². The van der Waals surface area contributed by atoms with Gasteiger partial charge in [-0.1, -0.05) is 37.3 Å². The van der Waals surface area contributed by atoms with Gasteiger partial charge in [-0.25, -0.2) is 0 Å². The molecule has 1 aromatic carbocycles. The van der Waals surface area contributed by atoms with Crippen LogP contribution in [-0.2, 0) is 9.53 Å². The number of aliphatic hydroxyl groups excluding tert-OH is 1. The van der Waals surface area contributed by atoms with Gasteiger partial charge in [0.1, 0.15) is 6.61 Å². The van der Waals surface area contributed by atoms with Gasteiger partial charge in [0.15, 0.2) is 0 Å². The fourth-order valence-electron chi connectivity index (χ4n) is 2.30. The van der Waals surface area contributed by atoms with E-state index in [4.69, 9.17) is 9.84 Å². The summed E-state index contributed by atoms with van der Waals surface area (Å²) in [6.07, 6.45) is 2.80. The molecule has 0 amide bonds. The first-order valence-electron chi connectivity index (χ1n) is 7.34. The normalized spacial score (nSPS) is 13.0. The molecule has 0 saturated heterocycles. The van der Waals surface area contributed by atoms with Crippen molar-refractivity contribution in [2.45, 2.75) is 46.0 Å². The molecular formula is C17H26O3. The fourth-order valence-corrected chi connectivity index (χ4v) is 2.30. The number of aliphatic hydroxyl groups is 1. The highest BCUT2D eigenvalue weighted by Crippen LogP contribution is 2.32. The summed E-state index contributed by atoms with van der Waals surface area (Å²) in [6, 6.07) is 10.4. The van der Waals surface area contributed by atoms with Crippen LogP contribution in [0, 0.1) is 5.41 Å². The lowest BCUT2D eigenvalue weighted by Gasteiger charge is -2.25. The fraction of sp³-hybridized carbons (Fsp3) is 0.588. The molecule has 0 aliphatic heterocycles. The van der Waals surface area contributed by atoms with E-state index in [0.29, 0.717) is 5.92 Å². The average Bonchev–Trinajstić information content (AvgIpc) is 2.46. The van der Waals surface area contributed by atoms with Crippen molar-refractivity contribution in [3.63, 3.8) is 0 Å². The lowest BCUT2D eigenvalue weighted by molar-refractivity contribution is -0.155. The van der Waals surface area contributed by atoms with Crippen molar-refractivity contribution < 1.29 is 14.6 Å². The first-order valence-corrected chi connectivity index (χ1v) is 7.34. The molecule has 0 aliphatic rings. The van der Waals surface area contributed by atoms with Gasteiger partial charge >= 0.3 is 5.97 Å². The Morgan fingerprint density at radius 1 is 1.30 bits per heavy atom. The Kier molecular flexibility index (Phi) is 6.73. The van der Waals surface area contributed by atoms with Crippen LogP contribution in [-0.4, -0.2) is 24.3 Å². The molecule has 112 valence electrons. The number of ether oxygens (including phenoxy) is 1. The Hall–Kier alpha value is -1.35. The SMILES string of the molecule is CCC(CCC(C)(C)C(=O)OCCO)c1ccccc1. The van der Waals surface area contributed by atoms with Crippen molar-refractivity contribution in [3.8, 4) is 0 Å². The van der Waals surface area contributed by atoms with Gasteiger partial charge in [-0.3, -0.25) is 4.79 Å². The zero-order valence-corrected chi connectivity index (χ0v) is 12.8. The Morgan fingerprint density at radius 2 is 1.95 bits per heavy atom. The van der Waals surface area contributed by atoms with Crippen molar-refractivity contribution in [1.82, 2.24) is 0 Å². The van der Waals surface area contributed by atoms with Crippen LogP contribution in [0.25, 0.3) is 0 Å². The summed E-state index contributed by atoms with van der Waals surface area (Å²) >= 11 is 0. The van der Waals surface area contributed by atoms with Gasteiger partial charge in [-0.15, -0.1) is 0 Å². The molecule has 0 radical (unpaired) electrons. The minimum Gasteiger partial charge on any atom is -0.463 e. The smallest absolute Gasteiger partial charge is 0.311 e. The maximum Gasteiger partial charge on any atom is 0.311 e. The lowest BCUT2D eigenvalue weighted by atomic mass is 9.82. The zero-order valence-electron chi connectivity index (χ0n) is 12.8. The van der Waals surface area contributed by atoms with Crippen molar-refractivity contribution in [2.75, 3.05) is 13.2 Å². The predicted octanol–water partition coefficient (Wildman–Crippen LogP) is 3.52. The second-order valence-electron chi connectivity index (χ2n) is 5.80. The Morgan fingerprint density at radius 3 is 2.50 bits per heavy atom. The quantitative estimate of drug-likeness (QED) is 0.740. The highest BCUT2D eigenvalue weighted by molar-refractivity contribution is 5.75. The molecule has 1 aromatic rings. The van der Waals surface area contributed by atoms with Crippen molar-refractivity contribution in [2.24, 2.45) is 5.41 Å². The van der Waals surface area contributed by atoms with Crippen LogP contribution in [0.3, 0.4) is 0 Å². The molecule has 0 aromatic heterocycles. The summed E-state index contributed by atoms with van der Waals surface area (Å²) < 4.78 is 5.04. The molecule has 20 heavy (non-hydrogen) atoms. The van der Waals surface area contributed by atoms with Gasteiger partial charge in [-0.2, -0.15) is 0 Å². The van der Waals surface area contributed by atoms with Crippen LogP contribution in [0.2, 0.25) is 0 Å². The highest BCUT2D eigenvalue weighted by Gasteiger charge is 2.30. The molecule has 0 spiro atoms. The van der Waals surface area contributed by atoms with Crippen LogP contribution in [0.15, 0.2) is 30.3 Å². The van der Waals surface area contributed by atoms with Gasteiger partial charge in [0.2, 0.25) is 0 Å². The number of carbonyl (C=O) groups is 1. The Labute approximate surface area is 122 Å². The van der Waals surface area contributed by atoms with E-state index in [1.807, 2.05) is 19.9 Å². The molecule has 3 nitrogen and oxygen atoms in total. The monoisotopic (exact) mass is 278 g/mol. The van der Waals surface area contributed by atoms with E-state index < -0.39 is 5.41 Å². The minimum atomic E-state index is -0.503. The number of benzene rings is 1. The van der Waals surface area contributed by atoms with E-state index in [1.54, 1.807) is 0 Å². The average molecular weight is 278 g/mol. The molecule has 0 saturated carbocycles. The summed E-state index contributed by atoms with van der Waals surface area (Å²) in [4.78, 5) is 11.9. The second kappa shape index (κ2) is 8.05. The predicted molar refractivity (Wildman–Crippen MR) is 80.5 cm³/mol. The lowest BCUT2D eigenvalue weighted by Crippen LogP contribution is -2.28. The molecule has 0 bridgehead atoms. The van der Waals surface area contributed by atoms with E-state index in [9.17, 15) is 4.79 Å². The summed E-state index contributed by atoms with van der Waals surface area (Å²) in [6.45, 7) is 5.95. The van der Waals surface area contributed by atoms with Crippen molar-refractivity contribution in [3.05, 3.63) is 35.9 Å². The molecule has 0 aliphatic carbocycles. The summed E-state index contributed by atoms with van der Waals surface area (Å²) in [5, 5.41) is 8.71. The topological polar surface area (TPSA) is 46.5 Å². The van der Waals surface area contributed by atoms with Gasteiger partial charge in [0.05, 0.1) is 12.0 Å². The standard InChI is InChI=1S/C17H26O3/c1-4-14(15-8-6-5-7-9-15)10-11-17(2,3)16(19)20-13-12-18/h5-9,14,18H,4,10-13H2,1-3H3. The van der Waals surface area contributed by atoms with Gasteiger partial charge in [-0.05, 0) is 44.6 Å².